The van der Waals surface area contributed by atoms with Crippen LogP contribution in [0.5, 0.6) is 0 Å². The largest absolute Gasteiger partial charge is 0.469 e. The number of fused-ring (bicyclic) bond motifs is 4. The third kappa shape index (κ3) is 2.11. The molecule has 4 aliphatic carbocycles. The number of ether oxygens (including phenoxy) is 4. The van der Waals surface area contributed by atoms with Crippen LogP contribution in [0, 0.1) is 46.3 Å². The molecular formula is C22H26O8. The average Bonchev–Trinajstić information content (AvgIpc) is 3.55. The van der Waals surface area contributed by atoms with E-state index in [1.807, 2.05) is 24.3 Å². The van der Waals surface area contributed by atoms with Gasteiger partial charge in [0.15, 0.2) is 0 Å². The van der Waals surface area contributed by atoms with Crippen molar-refractivity contribution in [2.45, 2.75) is 12.8 Å². The first-order valence-electron chi connectivity index (χ1n) is 10.0. The van der Waals surface area contributed by atoms with Gasteiger partial charge in [0.2, 0.25) is 0 Å². The Hall–Kier alpha value is -2.64. The van der Waals surface area contributed by atoms with Gasteiger partial charge in [-0.15, -0.1) is 0 Å². The minimum Gasteiger partial charge on any atom is -0.469 e. The van der Waals surface area contributed by atoms with E-state index in [0.29, 0.717) is 12.8 Å². The first kappa shape index (κ1) is 20.6. The molecule has 8 heteroatoms. The zero-order chi connectivity index (χ0) is 21.8. The lowest BCUT2D eigenvalue weighted by molar-refractivity contribution is -0.205. The fraction of sp³-hybridized carbons (Fsp3) is 0.636. The van der Waals surface area contributed by atoms with E-state index in [1.165, 1.54) is 28.4 Å². The molecule has 0 N–H and O–H groups in total. The Bertz CT molecular complexity index is 789. The molecular weight excluding hydrogens is 392 g/mol. The highest BCUT2D eigenvalue weighted by Gasteiger charge is 2.83. The Balaban J connectivity index is 2.08. The van der Waals surface area contributed by atoms with E-state index in [9.17, 15) is 19.2 Å². The molecule has 0 heterocycles. The van der Waals surface area contributed by atoms with Crippen LogP contribution in [0.3, 0.4) is 0 Å². The molecule has 2 fully saturated rings. The van der Waals surface area contributed by atoms with Gasteiger partial charge in [0.05, 0.1) is 40.3 Å². The molecule has 2 saturated carbocycles. The molecule has 0 amide bonds. The van der Waals surface area contributed by atoms with Gasteiger partial charge in [-0.1, -0.05) is 24.3 Å². The first-order valence-corrected chi connectivity index (χ1v) is 10.0. The molecule has 0 aromatic carbocycles. The average molecular weight is 418 g/mol. The van der Waals surface area contributed by atoms with Gasteiger partial charge >= 0.3 is 23.9 Å². The second-order valence-electron chi connectivity index (χ2n) is 8.50. The van der Waals surface area contributed by atoms with Gasteiger partial charge in [0, 0.05) is 0 Å². The molecule has 4 bridgehead atoms. The quantitative estimate of drug-likeness (QED) is 0.374. The normalized spacial score (nSPS) is 42.3. The Labute approximate surface area is 174 Å². The predicted molar refractivity (Wildman–Crippen MR) is 101 cm³/mol. The number of rotatable bonds is 5. The Morgan fingerprint density at radius 1 is 0.633 bits per heavy atom. The maximum Gasteiger partial charge on any atom is 0.314 e. The lowest BCUT2D eigenvalue weighted by Gasteiger charge is -2.53. The molecule has 8 atom stereocenters. The van der Waals surface area contributed by atoms with E-state index in [-0.39, 0.29) is 11.8 Å². The number of allylic oxidation sites excluding steroid dienone is 4. The maximum absolute atomic E-state index is 13.7. The highest BCUT2D eigenvalue weighted by atomic mass is 16.5. The second kappa shape index (κ2) is 6.96. The standard InChI is InChI=1S/C22H26O8/c1-27-17(23)15-11-5-7-13(9-11)21(15,19(25)29-3)22(20(26)30-4)14-8-6-12(10-14)16(22)18(24)28-2/h5-8,11-16H,9-10H2,1-4H3. The Morgan fingerprint density at radius 3 is 1.30 bits per heavy atom. The van der Waals surface area contributed by atoms with Gasteiger partial charge in [-0.2, -0.15) is 0 Å². The fourth-order valence-corrected chi connectivity index (χ4v) is 7.10. The SMILES string of the molecule is COC(=O)C1C2C=CC(C2)C1(C(=O)OC)C1(C(=O)OC)C2C=CC(C2)C1C(=O)OC. The molecule has 8 unspecified atom stereocenters. The van der Waals surface area contributed by atoms with Crippen LogP contribution in [0.1, 0.15) is 12.8 Å². The molecule has 0 aromatic heterocycles. The Morgan fingerprint density at radius 2 is 1.00 bits per heavy atom. The smallest absolute Gasteiger partial charge is 0.314 e. The van der Waals surface area contributed by atoms with E-state index in [0.717, 1.165) is 0 Å². The third-order valence-corrected chi connectivity index (χ3v) is 7.88. The third-order valence-electron chi connectivity index (χ3n) is 7.88. The van der Waals surface area contributed by atoms with Crippen molar-refractivity contribution in [3.8, 4) is 0 Å². The van der Waals surface area contributed by atoms with Crippen LogP contribution in [-0.4, -0.2) is 52.3 Å². The summed E-state index contributed by atoms with van der Waals surface area (Å²) in [6.45, 7) is 0. The number of esters is 4. The number of carbonyl (C=O) groups is 4. The molecule has 4 aliphatic rings. The van der Waals surface area contributed by atoms with Crippen LogP contribution in [0.25, 0.3) is 0 Å². The molecule has 0 aromatic rings. The molecule has 30 heavy (non-hydrogen) atoms. The van der Waals surface area contributed by atoms with Gasteiger partial charge in [0.25, 0.3) is 0 Å². The van der Waals surface area contributed by atoms with E-state index >= 15 is 0 Å². The van der Waals surface area contributed by atoms with Gasteiger partial charge in [-0.25, -0.2) is 0 Å². The van der Waals surface area contributed by atoms with Crippen molar-refractivity contribution in [3.05, 3.63) is 24.3 Å². The minimum absolute atomic E-state index is 0.301. The topological polar surface area (TPSA) is 105 Å². The minimum atomic E-state index is -1.63. The van der Waals surface area contributed by atoms with Crippen molar-refractivity contribution in [3.63, 3.8) is 0 Å². The number of hydrogen-bond donors (Lipinski definition) is 0. The highest BCUT2D eigenvalue weighted by molar-refractivity contribution is 5.98. The van der Waals surface area contributed by atoms with E-state index in [2.05, 4.69) is 0 Å². The maximum atomic E-state index is 13.7. The summed E-state index contributed by atoms with van der Waals surface area (Å²) in [7, 11) is 4.97. The highest BCUT2D eigenvalue weighted by Crippen LogP contribution is 2.74. The van der Waals surface area contributed by atoms with Crippen molar-refractivity contribution < 1.29 is 38.1 Å². The van der Waals surface area contributed by atoms with Crippen molar-refractivity contribution in [1.82, 2.24) is 0 Å². The molecule has 0 aliphatic heterocycles. The summed E-state index contributed by atoms with van der Waals surface area (Å²) in [6.07, 6.45) is 8.46. The van der Waals surface area contributed by atoms with Gasteiger partial charge in [-0.3, -0.25) is 19.2 Å². The lowest BCUT2D eigenvalue weighted by Crippen LogP contribution is -2.66. The summed E-state index contributed by atoms with van der Waals surface area (Å²) >= 11 is 0. The monoisotopic (exact) mass is 418 g/mol. The second-order valence-corrected chi connectivity index (χ2v) is 8.50. The summed E-state index contributed by atoms with van der Waals surface area (Å²) in [5.41, 5.74) is -3.27. The summed E-state index contributed by atoms with van der Waals surface area (Å²) < 4.78 is 20.7. The van der Waals surface area contributed by atoms with Crippen molar-refractivity contribution in [2.75, 3.05) is 28.4 Å². The molecule has 0 spiro atoms. The number of methoxy groups -OCH3 is 4. The molecule has 162 valence electrons. The van der Waals surface area contributed by atoms with E-state index in [1.54, 1.807) is 0 Å². The lowest BCUT2D eigenvalue weighted by atomic mass is 9.46. The zero-order valence-electron chi connectivity index (χ0n) is 17.5. The van der Waals surface area contributed by atoms with Crippen molar-refractivity contribution >= 4 is 23.9 Å². The first-order chi connectivity index (χ1) is 14.4. The number of hydrogen-bond acceptors (Lipinski definition) is 8. The summed E-state index contributed by atoms with van der Waals surface area (Å²) in [5, 5.41) is 0. The summed E-state index contributed by atoms with van der Waals surface area (Å²) in [6, 6.07) is 0. The van der Waals surface area contributed by atoms with Crippen LogP contribution in [0.2, 0.25) is 0 Å². The van der Waals surface area contributed by atoms with Crippen LogP contribution < -0.4 is 0 Å². The van der Waals surface area contributed by atoms with Crippen LogP contribution in [0.15, 0.2) is 24.3 Å². The summed E-state index contributed by atoms with van der Waals surface area (Å²) in [5.74, 6) is -6.09. The van der Waals surface area contributed by atoms with E-state index < -0.39 is 58.4 Å². The summed E-state index contributed by atoms with van der Waals surface area (Å²) in [4.78, 5) is 53.4. The van der Waals surface area contributed by atoms with Gasteiger partial charge in [0.1, 0.15) is 10.8 Å². The molecule has 0 saturated heterocycles. The molecule has 0 radical (unpaired) electrons. The molecule has 4 rings (SSSR count). The number of carbonyl (C=O) groups excluding carboxylic acids is 4. The van der Waals surface area contributed by atoms with Crippen molar-refractivity contribution in [1.29, 1.82) is 0 Å². The zero-order valence-corrected chi connectivity index (χ0v) is 17.5. The van der Waals surface area contributed by atoms with Crippen LogP contribution >= 0.6 is 0 Å². The van der Waals surface area contributed by atoms with Crippen LogP contribution in [-0.2, 0) is 38.1 Å². The molecule has 8 nitrogen and oxygen atoms in total. The van der Waals surface area contributed by atoms with Gasteiger partial charge in [-0.05, 0) is 36.5 Å². The van der Waals surface area contributed by atoms with Gasteiger partial charge < -0.3 is 18.9 Å². The Kier molecular flexibility index (Phi) is 4.78. The van der Waals surface area contributed by atoms with E-state index in [4.69, 9.17) is 18.9 Å². The van der Waals surface area contributed by atoms with Crippen LogP contribution in [0.4, 0.5) is 0 Å². The fourth-order valence-electron chi connectivity index (χ4n) is 7.10. The predicted octanol–water partition coefficient (Wildman–Crippen LogP) is 1.30. The van der Waals surface area contributed by atoms with Crippen molar-refractivity contribution in [2.24, 2.45) is 46.3 Å².